The van der Waals surface area contributed by atoms with Crippen molar-refractivity contribution in [1.82, 2.24) is 20.4 Å². The molecule has 1 fully saturated rings. The standard InChI is InChI=1S/C16H20N4O.ClH/c1-12(19-16(21)14-7-9-17-11-14)13-3-5-15(6-4-13)20-10-2-8-18-20;/h2-6,8,10,12,14,17H,7,9,11H2,1H3,(H,19,21);1H. The number of hydrogen-bond acceptors (Lipinski definition) is 3. The van der Waals surface area contributed by atoms with Crippen LogP contribution in [0.4, 0.5) is 0 Å². The fraction of sp³-hybridized carbons (Fsp3) is 0.375. The molecule has 2 unspecified atom stereocenters. The third kappa shape index (κ3) is 3.67. The van der Waals surface area contributed by atoms with Crippen molar-refractivity contribution in [2.24, 2.45) is 5.92 Å². The molecule has 2 N–H and O–H groups in total. The lowest BCUT2D eigenvalue weighted by molar-refractivity contribution is -0.125. The topological polar surface area (TPSA) is 59.0 Å². The van der Waals surface area contributed by atoms with Crippen molar-refractivity contribution in [2.75, 3.05) is 13.1 Å². The average molecular weight is 321 g/mol. The summed E-state index contributed by atoms with van der Waals surface area (Å²) in [6.07, 6.45) is 4.59. The highest BCUT2D eigenvalue weighted by atomic mass is 35.5. The minimum atomic E-state index is 0. The number of hydrogen-bond donors (Lipinski definition) is 2. The maximum absolute atomic E-state index is 12.1. The van der Waals surface area contributed by atoms with E-state index in [1.54, 1.807) is 6.20 Å². The van der Waals surface area contributed by atoms with E-state index in [1.807, 2.05) is 48.1 Å². The Bertz CT molecular complexity index is 591. The highest BCUT2D eigenvalue weighted by Crippen LogP contribution is 2.17. The predicted molar refractivity (Wildman–Crippen MR) is 88.3 cm³/mol. The molecule has 0 bridgehead atoms. The molecule has 3 rings (SSSR count). The van der Waals surface area contributed by atoms with E-state index >= 15 is 0 Å². The summed E-state index contributed by atoms with van der Waals surface area (Å²) in [5.74, 6) is 0.249. The molecular formula is C16H21ClN4O. The zero-order chi connectivity index (χ0) is 14.7. The van der Waals surface area contributed by atoms with Crippen LogP contribution >= 0.6 is 12.4 Å². The van der Waals surface area contributed by atoms with Gasteiger partial charge in [-0.2, -0.15) is 5.10 Å². The van der Waals surface area contributed by atoms with Crippen molar-refractivity contribution in [3.63, 3.8) is 0 Å². The van der Waals surface area contributed by atoms with Gasteiger partial charge in [-0.05, 0) is 43.7 Å². The van der Waals surface area contributed by atoms with Crippen molar-refractivity contribution in [3.8, 4) is 5.69 Å². The van der Waals surface area contributed by atoms with E-state index in [-0.39, 0.29) is 30.3 Å². The van der Waals surface area contributed by atoms with Gasteiger partial charge in [0.1, 0.15) is 0 Å². The number of nitrogens with zero attached hydrogens (tertiary/aromatic N) is 2. The number of carbonyl (C=O) groups excluding carboxylic acids is 1. The second kappa shape index (κ2) is 7.42. The summed E-state index contributed by atoms with van der Waals surface area (Å²) in [6, 6.07) is 10.0. The number of benzene rings is 1. The Labute approximate surface area is 136 Å². The molecular weight excluding hydrogens is 300 g/mol. The first-order valence-corrected chi connectivity index (χ1v) is 7.35. The highest BCUT2D eigenvalue weighted by Gasteiger charge is 2.23. The van der Waals surface area contributed by atoms with Crippen molar-refractivity contribution in [3.05, 3.63) is 48.3 Å². The smallest absolute Gasteiger partial charge is 0.224 e. The molecule has 2 atom stereocenters. The molecule has 22 heavy (non-hydrogen) atoms. The van der Waals surface area contributed by atoms with Gasteiger partial charge in [0.05, 0.1) is 17.6 Å². The van der Waals surface area contributed by atoms with E-state index in [1.165, 1.54) is 0 Å². The van der Waals surface area contributed by atoms with Gasteiger partial charge in [-0.3, -0.25) is 4.79 Å². The zero-order valence-electron chi connectivity index (χ0n) is 12.5. The van der Waals surface area contributed by atoms with Crippen LogP contribution in [0.2, 0.25) is 0 Å². The first-order valence-electron chi connectivity index (χ1n) is 7.35. The second-order valence-electron chi connectivity index (χ2n) is 5.46. The zero-order valence-corrected chi connectivity index (χ0v) is 13.3. The maximum atomic E-state index is 12.1. The summed E-state index contributed by atoms with van der Waals surface area (Å²) in [5.41, 5.74) is 2.12. The van der Waals surface area contributed by atoms with Gasteiger partial charge in [0.15, 0.2) is 0 Å². The fourth-order valence-electron chi connectivity index (χ4n) is 2.63. The van der Waals surface area contributed by atoms with Crippen molar-refractivity contribution >= 4 is 18.3 Å². The molecule has 1 aromatic heterocycles. The molecule has 2 heterocycles. The minimum Gasteiger partial charge on any atom is -0.349 e. The van der Waals surface area contributed by atoms with Gasteiger partial charge in [0, 0.05) is 18.9 Å². The number of amides is 1. The molecule has 2 aromatic rings. The van der Waals surface area contributed by atoms with Crippen LogP contribution in [-0.4, -0.2) is 28.8 Å². The van der Waals surface area contributed by atoms with Gasteiger partial charge in [-0.15, -0.1) is 12.4 Å². The Morgan fingerprint density at radius 3 is 2.77 bits per heavy atom. The monoisotopic (exact) mass is 320 g/mol. The Morgan fingerprint density at radius 1 is 1.41 bits per heavy atom. The van der Waals surface area contributed by atoms with Crippen LogP contribution < -0.4 is 10.6 Å². The maximum Gasteiger partial charge on any atom is 0.224 e. The van der Waals surface area contributed by atoms with Crippen LogP contribution in [0.5, 0.6) is 0 Å². The Hall–Kier alpha value is -1.85. The lowest BCUT2D eigenvalue weighted by Crippen LogP contribution is -2.33. The predicted octanol–water partition coefficient (Wildman–Crippen LogP) is 2.08. The molecule has 1 aliphatic heterocycles. The van der Waals surface area contributed by atoms with E-state index in [0.29, 0.717) is 0 Å². The summed E-state index contributed by atoms with van der Waals surface area (Å²) in [7, 11) is 0. The fourth-order valence-corrected chi connectivity index (χ4v) is 2.63. The van der Waals surface area contributed by atoms with Gasteiger partial charge in [-0.25, -0.2) is 4.68 Å². The third-order valence-electron chi connectivity index (χ3n) is 3.95. The lowest BCUT2D eigenvalue weighted by atomic mass is 10.0. The summed E-state index contributed by atoms with van der Waals surface area (Å²) >= 11 is 0. The molecule has 118 valence electrons. The number of carbonyl (C=O) groups is 1. The van der Waals surface area contributed by atoms with Gasteiger partial charge >= 0.3 is 0 Å². The Kier molecular flexibility index (Phi) is 5.57. The number of aromatic nitrogens is 2. The lowest BCUT2D eigenvalue weighted by Gasteiger charge is -2.17. The molecule has 0 radical (unpaired) electrons. The van der Waals surface area contributed by atoms with Crippen molar-refractivity contribution in [1.29, 1.82) is 0 Å². The van der Waals surface area contributed by atoms with Gasteiger partial charge in [-0.1, -0.05) is 12.1 Å². The number of halogens is 1. The average Bonchev–Trinajstić information content (AvgIpc) is 3.20. The van der Waals surface area contributed by atoms with Gasteiger partial charge < -0.3 is 10.6 Å². The SMILES string of the molecule is CC(NC(=O)C1CCNC1)c1ccc(-n2cccn2)cc1.Cl. The second-order valence-corrected chi connectivity index (χ2v) is 5.46. The van der Waals surface area contributed by atoms with Crippen LogP contribution in [0.3, 0.4) is 0 Å². The van der Waals surface area contributed by atoms with Crippen molar-refractivity contribution < 1.29 is 4.79 Å². The molecule has 0 aliphatic carbocycles. The molecule has 6 heteroatoms. The van der Waals surface area contributed by atoms with E-state index < -0.39 is 0 Å². The van der Waals surface area contributed by atoms with Crippen LogP contribution in [-0.2, 0) is 4.79 Å². The molecule has 1 amide bonds. The Morgan fingerprint density at radius 2 is 2.18 bits per heavy atom. The van der Waals surface area contributed by atoms with Crippen molar-refractivity contribution in [2.45, 2.75) is 19.4 Å². The highest BCUT2D eigenvalue weighted by molar-refractivity contribution is 5.85. The minimum absolute atomic E-state index is 0. The molecule has 1 aromatic carbocycles. The Balaban J connectivity index is 0.00000176. The first kappa shape index (κ1) is 16.5. The molecule has 0 saturated carbocycles. The van der Waals surface area contributed by atoms with Crippen LogP contribution in [0.1, 0.15) is 24.9 Å². The molecule has 1 aliphatic rings. The summed E-state index contributed by atoms with van der Waals surface area (Å²) in [4.78, 5) is 12.1. The van der Waals surface area contributed by atoms with Gasteiger partial charge in [0.2, 0.25) is 5.91 Å². The van der Waals surface area contributed by atoms with E-state index in [0.717, 1.165) is 30.8 Å². The van der Waals surface area contributed by atoms with E-state index in [4.69, 9.17) is 0 Å². The third-order valence-corrected chi connectivity index (χ3v) is 3.95. The molecule has 0 spiro atoms. The first-order chi connectivity index (χ1) is 10.2. The summed E-state index contributed by atoms with van der Waals surface area (Å²) in [5, 5.41) is 10.5. The van der Waals surface area contributed by atoms with E-state index in [2.05, 4.69) is 15.7 Å². The largest absolute Gasteiger partial charge is 0.349 e. The number of nitrogens with one attached hydrogen (secondary N) is 2. The van der Waals surface area contributed by atoms with E-state index in [9.17, 15) is 4.79 Å². The van der Waals surface area contributed by atoms with Crippen LogP contribution in [0, 0.1) is 5.92 Å². The summed E-state index contributed by atoms with van der Waals surface area (Å²) in [6.45, 7) is 3.74. The van der Waals surface area contributed by atoms with Gasteiger partial charge in [0.25, 0.3) is 0 Å². The summed E-state index contributed by atoms with van der Waals surface area (Å²) < 4.78 is 1.82. The number of rotatable bonds is 4. The van der Waals surface area contributed by atoms with Crippen LogP contribution in [0.15, 0.2) is 42.7 Å². The molecule has 5 nitrogen and oxygen atoms in total. The quantitative estimate of drug-likeness (QED) is 0.907. The van der Waals surface area contributed by atoms with Crippen LogP contribution in [0.25, 0.3) is 5.69 Å². The normalized spacial score (nSPS) is 18.5. The molecule has 1 saturated heterocycles.